The number of rotatable bonds is 7. The molecule has 0 unspecified atom stereocenters. The van der Waals surface area contributed by atoms with Gasteiger partial charge in [-0.1, -0.05) is 41.6 Å². The van der Waals surface area contributed by atoms with Crippen LogP contribution in [0.3, 0.4) is 0 Å². The first-order chi connectivity index (χ1) is 14.2. The van der Waals surface area contributed by atoms with E-state index in [1.807, 2.05) is 54.6 Å². The molecule has 1 amide bonds. The Labute approximate surface area is 167 Å². The van der Waals surface area contributed by atoms with E-state index in [1.54, 1.807) is 25.3 Å². The summed E-state index contributed by atoms with van der Waals surface area (Å²) in [5, 5.41) is 6.85. The van der Waals surface area contributed by atoms with Gasteiger partial charge in [0.1, 0.15) is 5.75 Å². The number of furan rings is 1. The van der Waals surface area contributed by atoms with E-state index in [1.165, 1.54) is 0 Å². The molecule has 0 spiro atoms. The number of nitrogens with zero attached hydrogens (tertiary/aromatic N) is 2. The molecule has 0 radical (unpaired) electrons. The van der Waals surface area contributed by atoms with Gasteiger partial charge < -0.3 is 19.0 Å². The van der Waals surface area contributed by atoms with Crippen molar-refractivity contribution in [3.05, 3.63) is 84.4 Å². The van der Waals surface area contributed by atoms with E-state index >= 15 is 0 Å². The summed E-state index contributed by atoms with van der Waals surface area (Å²) in [4.78, 5) is 16.9. The maximum absolute atomic E-state index is 12.6. The average molecular weight is 389 g/mol. The fourth-order valence-corrected chi connectivity index (χ4v) is 2.78. The molecule has 2 aromatic heterocycles. The van der Waals surface area contributed by atoms with Crippen molar-refractivity contribution in [2.75, 3.05) is 5.32 Å². The number of amides is 1. The molecular weight excluding hydrogens is 370 g/mol. The average Bonchev–Trinajstić information content (AvgIpc) is 3.42. The first kappa shape index (κ1) is 18.5. The number of aromatic nitrogens is 2. The molecule has 0 saturated carbocycles. The van der Waals surface area contributed by atoms with Crippen LogP contribution in [-0.2, 0) is 11.2 Å². The van der Waals surface area contributed by atoms with Gasteiger partial charge in [0.2, 0.25) is 11.7 Å². The van der Waals surface area contributed by atoms with Crippen LogP contribution in [0.25, 0.3) is 11.6 Å². The Bertz CT molecular complexity index is 1070. The number of para-hydroxylation sites is 2. The van der Waals surface area contributed by atoms with Crippen LogP contribution < -0.4 is 10.1 Å². The van der Waals surface area contributed by atoms with Gasteiger partial charge in [0.15, 0.2) is 11.9 Å². The fourth-order valence-electron chi connectivity index (χ4n) is 2.78. The summed E-state index contributed by atoms with van der Waals surface area (Å²) in [5.74, 6) is 1.74. The molecule has 0 aliphatic rings. The second-order valence-corrected chi connectivity index (χ2v) is 6.39. The molecular formula is C22H19N3O4. The monoisotopic (exact) mass is 389 g/mol. The van der Waals surface area contributed by atoms with Gasteiger partial charge in [-0.15, -0.1) is 0 Å². The minimum absolute atomic E-state index is 0.247. The molecule has 2 aromatic carbocycles. The number of hydrogen-bond acceptors (Lipinski definition) is 6. The van der Waals surface area contributed by atoms with Crippen LogP contribution in [0, 0.1) is 0 Å². The third-order valence-electron chi connectivity index (χ3n) is 4.25. The Balaban J connectivity index is 1.45. The molecule has 0 aliphatic heterocycles. The van der Waals surface area contributed by atoms with Crippen molar-refractivity contribution in [2.24, 2.45) is 0 Å². The van der Waals surface area contributed by atoms with Gasteiger partial charge in [0.25, 0.3) is 5.91 Å². The second-order valence-electron chi connectivity index (χ2n) is 6.39. The zero-order valence-corrected chi connectivity index (χ0v) is 15.7. The first-order valence-corrected chi connectivity index (χ1v) is 9.16. The highest BCUT2D eigenvalue weighted by Gasteiger charge is 2.18. The number of benzene rings is 2. The van der Waals surface area contributed by atoms with Crippen molar-refractivity contribution >= 4 is 11.6 Å². The summed E-state index contributed by atoms with van der Waals surface area (Å²) in [6.45, 7) is 1.71. The van der Waals surface area contributed by atoms with Crippen molar-refractivity contribution in [1.29, 1.82) is 0 Å². The van der Waals surface area contributed by atoms with Crippen molar-refractivity contribution in [1.82, 2.24) is 10.1 Å². The van der Waals surface area contributed by atoms with Crippen LogP contribution in [0.15, 0.2) is 81.9 Å². The number of ether oxygens (including phenoxy) is 1. The molecule has 4 rings (SSSR count). The normalized spacial score (nSPS) is 11.8. The molecule has 0 fully saturated rings. The maximum atomic E-state index is 12.6. The Kier molecular flexibility index (Phi) is 5.38. The Morgan fingerprint density at radius 2 is 1.86 bits per heavy atom. The largest absolute Gasteiger partial charge is 0.481 e. The highest BCUT2D eigenvalue weighted by Crippen LogP contribution is 2.22. The summed E-state index contributed by atoms with van der Waals surface area (Å²) in [5.41, 5.74) is 1.51. The van der Waals surface area contributed by atoms with E-state index in [9.17, 15) is 4.79 Å². The fraction of sp³-hybridized carbons (Fsp3) is 0.136. The Hall–Kier alpha value is -3.87. The van der Waals surface area contributed by atoms with Crippen LogP contribution in [-0.4, -0.2) is 22.2 Å². The zero-order valence-electron chi connectivity index (χ0n) is 15.7. The quantitative estimate of drug-likeness (QED) is 0.506. The molecule has 0 bridgehead atoms. The topological polar surface area (TPSA) is 90.4 Å². The number of anilines is 1. The molecule has 146 valence electrons. The van der Waals surface area contributed by atoms with Crippen LogP contribution in [0.2, 0.25) is 0 Å². The van der Waals surface area contributed by atoms with E-state index in [2.05, 4.69) is 15.5 Å². The van der Waals surface area contributed by atoms with E-state index in [4.69, 9.17) is 13.7 Å². The molecule has 2 heterocycles. The van der Waals surface area contributed by atoms with Crippen molar-refractivity contribution < 1.29 is 18.5 Å². The first-order valence-electron chi connectivity index (χ1n) is 9.16. The van der Waals surface area contributed by atoms with Gasteiger partial charge in [0, 0.05) is 5.69 Å². The van der Waals surface area contributed by atoms with Gasteiger partial charge in [-0.25, -0.2) is 0 Å². The summed E-state index contributed by atoms with van der Waals surface area (Å²) >= 11 is 0. The van der Waals surface area contributed by atoms with Crippen LogP contribution in [0.5, 0.6) is 5.75 Å². The molecule has 0 aliphatic carbocycles. The summed E-state index contributed by atoms with van der Waals surface area (Å²) in [6, 6.07) is 20.2. The van der Waals surface area contributed by atoms with Gasteiger partial charge in [0.05, 0.1) is 12.7 Å². The molecule has 7 heteroatoms. The lowest BCUT2D eigenvalue weighted by molar-refractivity contribution is -0.122. The Morgan fingerprint density at radius 3 is 2.66 bits per heavy atom. The van der Waals surface area contributed by atoms with Crippen molar-refractivity contribution in [3.8, 4) is 17.3 Å². The maximum Gasteiger partial charge on any atom is 0.265 e. The molecule has 4 aromatic rings. The predicted molar refractivity (Wildman–Crippen MR) is 106 cm³/mol. The van der Waals surface area contributed by atoms with Gasteiger partial charge in [-0.05, 0) is 42.8 Å². The molecule has 7 nitrogen and oxygen atoms in total. The summed E-state index contributed by atoms with van der Waals surface area (Å²) < 4.78 is 16.3. The smallest absolute Gasteiger partial charge is 0.265 e. The van der Waals surface area contributed by atoms with Crippen LogP contribution in [0.4, 0.5) is 5.69 Å². The lowest BCUT2D eigenvalue weighted by Gasteiger charge is -2.16. The molecule has 1 N–H and O–H groups in total. The lowest BCUT2D eigenvalue weighted by Crippen LogP contribution is -2.30. The second kappa shape index (κ2) is 8.43. The molecule has 29 heavy (non-hydrogen) atoms. The van der Waals surface area contributed by atoms with Crippen molar-refractivity contribution in [2.45, 2.75) is 19.4 Å². The SMILES string of the molecule is C[C@H](Oc1ccccc1)C(=O)Nc1ccccc1Cc1nc(-c2ccco2)no1. The Morgan fingerprint density at radius 1 is 1.07 bits per heavy atom. The zero-order chi connectivity index (χ0) is 20.1. The van der Waals surface area contributed by atoms with E-state index < -0.39 is 6.10 Å². The third kappa shape index (κ3) is 4.52. The van der Waals surface area contributed by atoms with Gasteiger partial charge in [-0.2, -0.15) is 4.98 Å². The van der Waals surface area contributed by atoms with Crippen molar-refractivity contribution in [3.63, 3.8) is 0 Å². The van der Waals surface area contributed by atoms with Crippen LogP contribution >= 0.6 is 0 Å². The van der Waals surface area contributed by atoms with E-state index in [0.29, 0.717) is 35.3 Å². The highest BCUT2D eigenvalue weighted by molar-refractivity contribution is 5.94. The minimum atomic E-state index is -0.653. The third-order valence-corrected chi connectivity index (χ3v) is 4.25. The predicted octanol–water partition coefficient (Wildman–Crippen LogP) is 4.33. The highest BCUT2D eigenvalue weighted by atomic mass is 16.5. The molecule has 0 saturated heterocycles. The summed E-state index contributed by atoms with van der Waals surface area (Å²) in [6.07, 6.45) is 1.27. The van der Waals surface area contributed by atoms with E-state index in [-0.39, 0.29) is 5.91 Å². The minimum Gasteiger partial charge on any atom is -0.481 e. The standard InChI is InChI=1S/C22H19N3O4/c1-15(28-17-9-3-2-4-10-17)22(26)23-18-11-6-5-8-16(18)14-20-24-21(25-29-20)19-12-7-13-27-19/h2-13,15H,14H2,1H3,(H,23,26)/t15-/m0/s1. The number of carbonyl (C=O) groups excluding carboxylic acids is 1. The number of hydrogen-bond donors (Lipinski definition) is 1. The van der Waals surface area contributed by atoms with E-state index in [0.717, 1.165) is 5.56 Å². The van der Waals surface area contributed by atoms with Gasteiger partial charge >= 0.3 is 0 Å². The number of nitrogens with one attached hydrogen (secondary N) is 1. The molecule has 1 atom stereocenters. The number of carbonyl (C=O) groups is 1. The summed E-state index contributed by atoms with van der Waals surface area (Å²) in [7, 11) is 0. The van der Waals surface area contributed by atoms with Crippen LogP contribution in [0.1, 0.15) is 18.4 Å². The van der Waals surface area contributed by atoms with Gasteiger partial charge in [-0.3, -0.25) is 4.79 Å². The lowest BCUT2D eigenvalue weighted by atomic mass is 10.1.